The van der Waals surface area contributed by atoms with Gasteiger partial charge in [0.25, 0.3) is 0 Å². The van der Waals surface area contributed by atoms with Gasteiger partial charge in [-0.25, -0.2) is 4.98 Å². The van der Waals surface area contributed by atoms with Crippen LogP contribution in [0.3, 0.4) is 0 Å². The maximum Gasteiger partial charge on any atom is 0.173 e. The Labute approximate surface area is 105 Å². The summed E-state index contributed by atoms with van der Waals surface area (Å²) in [5.41, 5.74) is 8.38. The average molecular weight is 239 g/mol. The van der Waals surface area contributed by atoms with Gasteiger partial charge in [-0.15, -0.1) is 5.10 Å². The molecule has 5 nitrogen and oxygen atoms in total. The Morgan fingerprint density at radius 3 is 2.94 bits per heavy atom. The van der Waals surface area contributed by atoms with E-state index in [-0.39, 0.29) is 5.84 Å². The molecule has 2 rings (SSSR count). The van der Waals surface area contributed by atoms with Gasteiger partial charge in [-0.1, -0.05) is 29.8 Å². The van der Waals surface area contributed by atoms with Crippen molar-refractivity contribution in [2.45, 2.75) is 6.92 Å². The molecule has 0 unspecified atom stereocenters. The van der Waals surface area contributed by atoms with Crippen LogP contribution in [0.15, 0.2) is 53.1 Å². The van der Waals surface area contributed by atoms with Crippen molar-refractivity contribution in [2.24, 2.45) is 15.9 Å². The van der Waals surface area contributed by atoms with Gasteiger partial charge in [0.05, 0.1) is 12.4 Å². The van der Waals surface area contributed by atoms with E-state index in [0.29, 0.717) is 5.69 Å². The molecule has 0 aliphatic heterocycles. The van der Waals surface area contributed by atoms with Crippen molar-refractivity contribution in [1.29, 1.82) is 0 Å². The minimum Gasteiger partial charge on any atom is -0.380 e. The van der Waals surface area contributed by atoms with Crippen molar-refractivity contribution in [3.05, 3.63) is 59.7 Å². The number of nitrogens with zero attached hydrogens (tertiary/aromatic N) is 4. The SMILES string of the molecule is Cc1cccc(C=NN=C(N)c2cnccn2)c1. The third-order valence-electron chi connectivity index (χ3n) is 2.24. The number of rotatable bonds is 3. The van der Waals surface area contributed by atoms with Crippen molar-refractivity contribution in [1.82, 2.24) is 9.97 Å². The van der Waals surface area contributed by atoms with Crippen LogP contribution in [0.4, 0.5) is 0 Å². The van der Waals surface area contributed by atoms with E-state index in [4.69, 9.17) is 5.73 Å². The number of aryl methyl sites for hydroxylation is 1. The highest BCUT2D eigenvalue weighted by Gasteiger charge is 1.97. The van der Waals surface area contributed by atoms with Crippen LogP contribution < -0.4 is 5.73 Å². The summed E-state index contributed by atoms with van der Waals surface area (Å²) in [5, 5.41) is 7.81. The van der Waals surface area contributed by atoms with E-state index < -0.39 is 0 Å². The van der Waals surface area contributed by atoms with Gasteiger partial charge in [-0.3, -0.25) is 4.98 Å². The zero-order valence-electron chi connectivity index (χ0n) is 9.99. The van der Waals surface area contributed by atoms with Gasteiger partial charge in [-0.05, 0) is 12.5 Å². The van der Waals surface area contributed by atoms with Gasteiger partial charge >= 0.3 is 0 Å². The summed E-state index contributed by atoms with van der Waals surface area (Å²) in [4.78, 5) is 7.93. The molecule has 0 saturated carbocycles. The molecule has 0 aliphatic rings. The van der Waals surface area contributed by atoms with Crippen LogP contribution in [0.1, 0.15) is 16.8 Å². The molecule has 0 radical (unpaired) electrons. The highest BCUT2D eigenvalue weighted by Crippen LogP contribution is 2.01. The highest BCUT2D eigenvalue weighted by atomic mass is 15.2. The van der Waals surface area contributed by atoms with E-state index in [9.17, 15) is 0 Å². The molecule has 90 valence electrons. The standard InChI is InChI=1S/C13H13N5/c1-10-3-2-4-11(7-10)8-17-18-13(14)12-9-15-5-6-16-12/h2-9H,1H3,(H2,14,18). The van der Waals surface area contributed by atoms with Gasteiger partial charge < -0.3 is 5.73 Å². The summed E-state index contributed by atoms with van der Waals surface area (Å²) < 4.78 is 0. The lowest BCUT2D eigenvalue weighted by molar-refractivity contribution is 1.15. The molecule has 1 heterocycles. The summed E-state index contributed by atoms with van der Waals surface area (Å²) >= 11 is 0. The molecule has 5 heteroatoms. The predicted octanol–water partition coefficient (Wildman–Crippen LogP) is 1.52. The van der Waals surface area contributed by atoms with E-state index in [0.717, 1.165) is 5.56 Å². The van der Waals surface area contributed by atoms with Crippen molar-refractivity contribution in [3.63, 3.8) is 0 Å². The molecule has 1 aromatic carbocycles. The van der Waals surface area contributed by atoms with Crippen molar-refractivity contribution in [3.8, 4) is 0 Å². The van der Waals surface area contributed by atoms with Crippen molar-refractivity contribution < 1.29 is 0 Å². The minimum absolute atomic E-state index is 0.243. The van der Waals surface area contributed by atoms with E-state index in [1.165, 1.54) is 5.56 Å². The maximum absolute atomic E-state index is 5.72. The Kier molecular flexibility index (Phi) is 3.76. The first-order valence-corrected chi connectivity index (χ1v) is 5.45. The Hall–Kier alpha value is -2.56. The molecule has 2 N–H and O–H groups in total. The van der Waals surface area contributed by atoms with E-state index in [1.807, 2.05) is 31.2 Å². The zero-order chi connectivity index (χ0) is 12.8. The highest BCUT2D eigenvalue weighted by molar-refractivity contribution is 5.95. The second-order valence-electron chi connectivity index (χ2n) is 3.73. The van der Waals surface area contributed by atoms with Gasteiger partial charge in [0, 0.05) is 12.4 Å². The first-order valence-electron chi connectivity index (χ1n) is 5.45. The predicted molar refractivity (Wildman–Crippen MR) is 71.5 cm³/mol. The fourth-order valence-corrected chi connectivity index (χ4v) is 1.39. The third kappa shape index (κ3) is 3.21. The minimum atomic E-state index is 0.243. The van der Waals surface area contributed by atoms with Crippen LogP contribution in [0.25, 0.3) is 0 Å². The van der Waals surface area contributed by atoms with Gasteiger partial charge in [0.2, 0.25) is 0 Å². The number of benzene rings is 1. The molecular weight excluding hydrogens is 226 g/mol. The van der Waals surface area contributed by atoms with Crippen molar-refractivity contribution in [2.75, 3.05) is 0 Å². The first-order chi connectivity index (χ1) is 8.75. The normalized spacial score (nSPS) is 11.9. The molecule has 0 atom stereocenters. The molecule has 0 saturated heterocycles. The largest absolute Gasteiger partial charge is 0.380 e. The fourth-order valence-electron chi connectivity index (χ4n) is 1.39. The van der Waals surface area contributed by atoms with Crippen molar-refractivity contribution >= 4 is 12.1 Å². The van der Waals surface area contributed by atoms with Crippen LogP contribution in [-0.4, -0.2) is 22.0 Å². The summed E-state index contributed by atoms with van der Waals surface area (Å²) in [7, 11) is 0. The molecular formula is C13H13N5. The van der Waals surface area contributed by atoms with Crippen LogP contribution >= 0.6 is 0 Å². The van der Waals surface area contributed by atoms with Crippen LogP contribution in [0.2, 0.25) is 0 Å². The van der Waals surface area contributed by atoms with Crippen LogP contribution in [0, 0.1) is 6.92 Å². The Morgan fingerprint density at radius 2 is 2.22 bits per heavy atom. The summed E-state index contributed by atoms with van der Waals surface area (Å²) in [6.07, 6.45) is 6.33. The summed E-state index contributed by atoms with van der Waals surface area (Å²) in [5.74, 6) is 0.243. The monoisotopic (exact) mass is 239 g/mol. The Morgan fingerprint density at radius 1 is 1.33 bits per heavy atom. The summed E-state index contributed by atoms with van der Waals surface area (Å²) in [6, 6.07) is 7.95. The molecule has 0 spiro atoms. The number of amidine groups is 1. The van der Waals surface area contributed by atoms with Crippen LogP contribution in [-0.2, 0) is 0 Å². The van der Waals surface area contributed by atoms with E-state index in [1.54, 1.807) is 24.8 Å². The molecule has 0 aliphatic carbocycles. The third-order valence-corrected chi connectivity index (χ3v) is 2.24. The van der Waals surface area contributed by atoms with Crippen LogP contribution in [0.5, 0.6) is 0 Å². The number of hydrogen-bond acceptors (Lipinski definition) is 4. The molecule has 1 aromatic heterocycles. The molecule has 0 amide bonds. The van der Waals surface area contributed by atoms with Gasteiger partial charge in [-0.2, -0.15) is 5.10 Å². The second kappa shape index (κ2) is 5.67. The number of aromatic nitrogens is 2. The topological polar surface area (TPSA) is 76.5 Å². The second-order valence-corrected chi connectivity index (χ2v) is 3.73. The smallest absolute Gasteiger partial charge is 0.173 e. The lowest BCUT2D eigenvalue weighted by atomic mass is 10.2. The molecule has 0 fully saturated rings. The average Bonchev–Trinajstić information content (AvgIpc) is 2.40. The molecule has 0 bridgehead atoms. The fraction of sp³-hybridized carbons (Fsp3) is 0.0769. The summed E-state index contributed by atoms with van der Waals surface area (Å²) in [6.45, 7) is 2.02. The maximum atomic E-state index is 5.72. The lowest BCUT2D eigenvalue weighted by Gasteiger charge is -1.95. The molecule has 18 heavy (non-hydrogen) atoms. The quantitative estimate of drug-likeness (QED) is 0.501. The lowest BCUT2D eigenvalue weighted by Crippen LogP contribution is -2.14. The van der Waals surface area contributed by atoms with Gasteiger partial charge in [0.15, 0.2) is 5.84 Å². The molecule has 2 aromatic rings. The number of nitrogens with two attached hydrogens (primary N) is 1. The number of hydrogen-bond donors (Lipinski definition) is 1. The Balaban J connectivity index is 2.11. The first kappa shape index (κ1) is 11.9. The Bertz CT molecular complexity index is 575. The van der Waals surface area contributed by atoms with E-state index >= 15 is 0 Å². The van der Waals surface area contributed by atoms with E-state index in [2.05, 4.69) is 20.2 Å². The zero-order valence-corrected chi connectivity index (χ0v) is 9.99. The van der Waals surface area contributed by atoms with Gasteiger partial charge in [0.1, 0.15) is 5.69 Å².